The fourth-order valence-electron chi connectivity index (χ4n) is 2.64. The van der Waals surface area contributed by atoms with E-state index in [1.54, 1.807) is 36.9 Å². The van der Waals surface area contributed by atoms with Gasteiger partial charge in [0.2, 0.25) is 5.91 Å². The van der Waals surface area contributed by atoms with Gasteiger partial charge in [-0.3, -0.25) is 14.8 Å². The predicted molar refractivity (Wildman–Crippen MR) is 103 cm³/mol. The highest BCUT2D eigenvalue weighted by atomic mass is 16.2. The van der Waals surface area contributed by atoms with Crippen molar-refractivity contribution in [2.75, 3.05) is 6.54 Å². The van der Waals surface area contributed by atoms with Crippen molar-refractivity contribution in [3.63, 3.8) is 0 Å². The average molecular weight is 343 g/mol. The summed E-state index contributed by atoms with van der Waals surface area (Å²) in [5, 5.41) is 0. The van der Waals surface area contributed by atoms with Crippen molar-refractivity contribution in [1.29, 1.82) is 0 Å². The Kier molecular flexibility index (Phi) is 6.26. The molecule has 0 saturated carbocycles. The number of amides is 1. The lowest BCUT2D eigenvalue weighted by molar-refractivity contribution is -0.126. The van der Waals surface area contributed by atoms with E-state index < -0.39 is 0 Å². The Bertz CT molecular complexity index is 833. The molecule has 0 atom stereocenters. The van der Waals surface area contributed by atoms with Crippen molar-refractivity contribution >= 4 is 12.0 Å². The van der Waals surface area contributed by atoms with Crippen LogP contribution in [0.15, 0.2) is 85.5 Å². The van der Waals surface area contributed by atoms with Gasteiger partial charge in [0.05, 0.1) is 0 Å². The number of hydrogen-bond donors (Lipinski definition) is 0. The molecule has 0 fully saturated rings. The SMILES string of the molecule is O=C(/C=C/c1cccnc1)N(CCc1ccccc1)Cc1cccnc1. The molecule has 0 bridgehead atoms. The van der Waals surface area contributed by atoms with E-state index in [4.69, 9.17) is 0 Å². The lowest BCUT2D eigenvalue weighted by Gasteiger charge is -2.21. The highest BCUT2D eigenvalue weighted by molar-refractivity contribution is 5.91. The zero-order valence-electron chi connectivity index (χ0n) is 14.5. The quantitative estimate of drug-likeness (QED) is 0.614. The largest absolute Gasteiger partial charge is 0.334 e. The van der Waals surface area contributed by atoms with Crippen molar-refractivity contribution < 1.29 is 4.79 Å². The third-order valence-electron chi connectivity index (χ3n) is 4.02. The molecule has 0 aliphatic heterocycles. The lowest BCUT2D eigenvalue weighted by atomic mass is 10.1. The summed E-state index contributed by atoms with van der Waals surface area (Å²) in [4.78, 5) is 22.8. The topological polar surface area (TPSA) is 46.1 Å². The third-order valence-corrected chi connectivity index (χ3v) is 4.02. The van der Waals surface area contributed by atoms with Gasteiger partial charge < -0.3 is 4.90 Å². The molecule has 0 saturated heterocycles. The standard InChI is InChI=1S/C22H21N3O/c26-22(11-10-20-8-4-13-23-16-20)25(18-21-9-5-14-24-17-21)15-12-19-6-2-1-3-7-19/h1-11,13-14,16-17H,12,15,18H2/b11-10+. The fraction of sp³-hybridized carbons (Fsp3) is 0.136. The normalized spacial score (nSPS) is 10.8. The molecule has 4 nitrogen and oxygen atoms in total. The summed E-state index contributed by atoms with van der Waals surface area (Å²) in [6.45, 7) is 1.19. The summed E-state index contributed by atoms with van der Waals surface area (Å²) in [5.41, 5.74) is 3.14. The van der Waals surface area contributed by atoms with Gasteiger partial charge in [-0.15, -0.1) is 0 Å². The van der Waals surface area contributed by atoms with Gasteiger partial charge in [0.1, 0.15) is 0 Å². The molecule has 0 unspecified atom stereocenters. The van der Waals surface area contributed by atoms with E-state index in [0.29, 0.717) is 13.1 Å². The zero-order valence-corrected chi connectivity index (χ0v) is 14.5. The fourth-order valence-corrected chi connectivity index (χ4v) is 2.64. The molecule has 0 radical (unpaired) electrons. The van der Waals surface area contributed by atoms with Crippen molar-refractivity contribution in [2.24, 2.45) is 0 Å². The molecule has 3 rings (SSSR count). The number of hydrogen-bond acceptors (Lipinski definition) is 3. The van der Waals surface area contributed by atoms with Crippen LogP contribution in [-0.4, -0.2) is 27.3 Å². The van der Waals surface area contributed by atoms with Crippen molar-refractivity contribution in [3.8, 4) is 0 Å². The summed E-state index contributed by atoms with van der Waals surface area (Å²) < 4.78 is 0. The number of nitrogens with zero attached hydrogens (tertiary/aromatic N) is 3. The molecule has 130 valence electrons. The van der Waals surface area contributed by atoms with E-state index in [1.807, 2.05) is 47.4 Å². The Morgan fingerprint density at radius 2 is 1.62 bits per heavy atom. The first-order valence-corrected chi connectivity index (χ1v) is 8.61. The van der Waals surface area contributed by atoms with Crippen LogP contribution in [0.25, 0.3) is 6.08 Å². The van der Waals surface area contributed by atoms with Crippen LogP contribution in [0.3, 0.4) is 0 Å². The molecule has 4 heteroatoms. The second kappa shape index (κ2) is 9.28. The lowest BCUT2D eigenvalue weighted by Crippen LogP contribution is -2.31. The zero-order chi connectivity index (χ0) is 18.0. The van der Waals surface area contributed by atoms with Gasteiger partial charge in [0.15, 0.2) is 0 Å². The Morgan fingerprint density at radius 1 is 0.885 bits per heavy atom. The highest BCUT2D eigenvalue weighted by Gasteiger charge is 2.11. The number of carbonyl (C=O) groups is 1. The summed E-state index contributed by atoms with van der Waals surface area (Å²) in [6.07, 6.45) is 11.2. The maximum atomic E-state index is 12.7. The van der Waals surface area contributed by atoms with E-state index in [1.165, 1.54) is 5.56 Å². The van der Waals surface area contributed by atoms with Gasteiger partial charge in [0.25, 0.3) is 0 Å². The minimum atomic E-state index is -0.0198. The molecular weight excluding hydrogens is 322 g/mol. The first-order valence-electron chi connectivity index (χ1n) is 8.61. The third kappa shape index (κ3) is 5.38. The maximum Gasteiger partial charge on any atom is 0.246 e. The van der Waals surface area contributed by atoms with E-state index in [2.05, 4.69) is 22.1 Å². The van der Waals surface area contributed by atoms with Crippen LogP contribution in [-0.2, 0) is 17.8 Å². The van der Waals surface area contributed by atoms with Crippen LogP contribution in [0.1, 0.15) is 16.7 Å². The predicted octanol–water partition coefficient (Wildman–Crippen LogP) is 3.76. The maximum absolute atomic E-state index is 12.7. The van der Waals surface area contributed by atoms with E-state index in [-0.39, 0.29) is 5.91 Å². The summed E-state index contributed by atoms with van der Waals surface area (Å²) in [5.74, 6) is -0.0198. The molecule has 1 aromatic carbocycles. The molecule has 3 aromatic rings. The van der Waals surface area contributed by atoms with Gasteiger partial charge >= 0.3 is 0 Å². The Balaban J connectivity index is 1.70. The minimum Gasteiger partial charge on any atom is -0.334 e. The molecular formula is C22H21N3O. The van der Waals surface area contributed by atoms with Crippen molar-refractivity contribution in [1.82, 2.24) is 14.9 Å². The van der Waals surface area contributed by atoms with E-state index in [9.17, 15) is 4.79 Å². The first-order chi connectivity index (χ1) is 12.8. The minimum absolute atomic E-state index is 0.0198. The second-order valence-corrected chi connectivity index (χ2v) is 5.98. The van der Waals surface area contributed by atoms with Crippen LogP contribution in [0, 0.1) is 0 Å². The van der Waals surface area contributed by atoms with Gasteiger partial charge in [0, 0.05) is 44.0 Å². The number of carbonyl (C=O) groups excluding carboxylic acids is 1. The van der Waals surface area contributed by atoms with Crippen LogP contribution >= 0.6 is 0 Å². The van der Waals surface area contributed by atoms with E-state index in [0.717, 1.165) is 17.5 Å². The molecule has 26 heavy (non-hydrogen) atoms. The number of rotatable bonds is 7. The molecule has 0 N–H and O–H groups in total. The molecule has 0 aliphatic carbocycles. The summed E-state index contributed by atoms with van der Waals surface area (Å²) >= 11 is 0. The van der Waals surface area contributed by atoms with Gasteiger partial charge in [-0.2, -0.15) is 0 Å². The number of aromatic nitrogens is 2. The van der Waals surface area contributed by atoms with Crippen LogP contribution in [0.2, 0.25) is 0 Å². The van der Waals surface area contributed by atoms with Gasteiger partial charge in [-0.1, -0.05) is 42.5 Å². The number of pyridine rings is 2. The molecule has 2 heterocycles. The van der Waals surface area contributed by atoms with Crippen molar-refractivity contribution in [3.05, 3.63) is 102 Å². The van der Waals surface area contributed by atoms with Gasteiger partial charge in [-0.25, -0.2) is 0 Å². The molecule has 2 aromatic heterocycles. The monoisotopic (exact) mass is 343 g/mol. The van der Waals surface area contributed by atoms with Crippen molar-refractivity contribution in [2.45, 2.75) is 13.0 Å². The second-order valence-electron chi connectivity index (χ2n) is 5.98. The first kappa shape index (κ1) is 17.5. The molecule has 1 amide bonds. The van der Waals surface area contributed by atoms with Gasteiger partial charge in [-0.05, 0) is 41.3 Å². The van der Waals surface area contributed by atoms with Crippen LogP contribution in [0.4, 0.5) is 0 Å². The van der Waals surface area contributed by atoms with E-state index >= 15 is 0 Å². The smallest absolute Gasteiger partial charge is 0.246 e. The van der Waals surface area contributed by atoms with Crippen LogP contribution < -0.4 is 0 Å². The van der Waals surface area contributed by atoms with Crippen LogP contribution in [0.5, 0.6) is 0 Å². The highest BCUT2D eigenvalue weighted by Crippen LogP contribution is 2.08. The molecule has 0 spiro atoms. The molecule has 0 aliphatic rings. The summed E-state index contributed by atoms with van der Waals surface area (Å²) in [6, 6.07) is 17.9. The Morgan fingerprint density at radius 3 is 2.31 bits per heavy atom. The number of benzene rings is 1. The Hall–Kier alpha value is -3.27. The average Bonchev–Trinajstić information content (AvgIpc) is 2.71. The summed E-state index contributed by atoms with van der Waals surface area (Å²) in [7, 11) is 0. The Labute approximate surface area is 153 Å².